The summed E-state index contributed by atoms with van der Waals surface area (Å²) in [5.74, 6) is -2.63. The molecule has 194 valence electrons. The number of aromatic nitrogens is 2. The number of fused-ring (bicyclic) bond motifs is 1. The number of benzene rings is 3. The molecule has 1 heterocycles. The highest BCUT2D eigenvalue weighted by Crippen LogP contribution is 2.29. The van der Waals surface area contributed by atoms with Crippen LogP contribution >= 0.6 is 11.6 Å². The van der Waals surface area contributed by atoms with Crippen molar-refractivity contribution in [2.24, 2.45) is 0 Å². The maximum Gasteiger partial charge on any atom is 0.490 e. The van der Waals surface area contributed by atoms with Gasteiger partial charge in [0, 0.05) is 12.4 Å². The van der Waals surface area contributed by atoms with Gasteiger partial charge < -0.3 is 10.8 Å². The highest BCUT2D eigenvalue weighted by Gasteiger charge is 2.38. The SMILES string of the molecule is CN(c1ccccc1)S(=O)(=O)c1ccc(Cl)c(-n2c(N)c3ccccc3nc2=O)c1.O=C(O)C(F)(F)F. The Bertz CT molecular complexity index is 1630. The fourth-order valence-electron chi connectivity index (χ4n) is 3.16. The van der Waals surface area contributed by atoms with Crippen molar-refractivity contribution >= 4 is 50.0 Å². The lowest BCUT2D eigenvalue weighted by Crippen LogP contribution is -2.27. The van der Waals surface area contributed by atoms with E-state index in [1.807, 2.05) is 0 Å². The van der Waals surface area contributed by atoms with E-state index < -0.39 is 27.9 Å². The second-order valence-electron chi connectivity index (χ2n) is 7.36. The molecule has 0 unspecified atom stereocenters. The van der Waals surface area contributed by atoms with E-state index in [2.05, 4.69) is 4.98 Å². The van der Waals surface area contributed by atoms with E-state index in [9.17, 15) is 26.4 Å². The standard InChI is InChI=1S/C21H17ClN4O3S.C2HF3O2/c1-25(14-7-3-2-4-8-14)30(28,29)15-11-12-17(22)19(13-15)26-20(23)16-9-5-6-10-18(16)24-21(26)27;3-2(4,5)1(6)7/h2-13H,23H2,1H3;(H,6,7). The van der Waals surface area contributed by atoms with E-state index in [0.29, 0.717) is 16.6 Å². The topological polar surface area (TPSA) is 136 Å². The predicted octanol–water partition coefficient (Wildman–Crippen LogP) is 4.08. The summed E-state index contributed by atoms with van der Waals surface area (Å²) in [7, 11) is -2.45. The highest BCUT2D eigenvalue weighted by molar-refractivity contribution is 7.92. The number of carboxylic acid groups (broad SMARTS) is 1. The lowest BCUT2D eigenvalue weighted by molar-refractivity contribution is -0.192. The fourth-order valence-corrected chi connectivity index (χ4v) is 4.57. The third-order valence-corrected chi connectivity index (χ3v) is 7.11. The van der Waals surface area contributed by atoms with Crippen LogP contribution in [0.5, 0.6) is 0 Å². The van der Waals surface area contributed by atoms with Gasteiger partial charge in [0.05, 0.1) is 26.8 Å². The molecule has 0 aliphatic carbocycles. The van der Waals surface area contributed by atoms with Crippen molar-refractivity contribution in [2.75, 3.05) is 17.1 Å². The summed E-state index contributed by atoms with van der Waals surface area (Å²) in [6.45, 7) is 0. The Hall–Kier alpha value is -4.10. The number of sulfonamides is 1. The number of hydrogen-bond donors (Lipinski definition) is 2. The minimum atomic E-state index is -5.08. The maximum absolute atomic E-state index is 13.2. The number of carboxylic acids is 1. The van der Waals surface area contributed by atoms with Crippen LogP contribution in [0.3, 0.4) is 0 Å². The van der Waals surface area contributed by atoms with Gasteiger partial charge in [-0.15, -0.1) is 0 Å². The minimum absolute atomic E-state index is 0.0345. The van der Waals surface area contributed by atoms with Crippen LogP contribution in [-0.2, 0) is 14.8 Å². The molecule has 0 atom stereocenters. The van der Waals surface area contributed by atoms with E-state index >= 15 is 0 Å². The zero-order valence-corrected chi connectivity index (χ0v) is 20.4. The number of aliphatic carboxylic acids is 1. The second kappa shape index (κ2) is 10.5. The van der Waals surface area contributed by atoms with Crippen molar-refractivity contribution < 1.29 is 31.5 Å². The van der Waals surface area contributed by atoms with Crippen molar-refractivity contribution in [3.63, 3.8) is 0 Å². The van der Waals surface area contributed by atoms with Crippen molar-refractivity contribution in [2.45, 2.75) is 11.1 Å². The molecule has 0 bridgehead atoms. The quantitative estimate of drug-likeness (QED) is 0.388. The molecule has 9 nitrogen and oxygen atoms in total. The van der Waals surface area contributed by atoms with E-state index in [4.69, 9.17) is 27.2 Å². The first kappa shape index (κ1) is 27.5. The molecule has 0 amide bonds. The molecule has 0 saturated heterocycles. The molecule has 4 aromatic rings. The average molecular weight is 555 g/mol. The fraction of sp³-hybridized carbons (Fsp3) is 0.0870. The molecule has 0 radical (unpaired) electrons. The van der Waals surface area contributed by atoms with Crippen LogP contribution in [0.15, 0.2) is 82.5 Å². The van der Waals surface area contributed by atoms with Gasteiger partial charge in [-0.1, -0.05) is 41.9 Å². The van der Waals surface area contributed by atoms with Crippen molar-refractivity contribution in [3.05, 3.63) is 88.3 Å². The zero-order valence-electron chi connectivity index (χ0n) is 18.8. The lowest BCUT2D eigenvalue weighted by atomic mass is 10.2. The predicted molar refractivity (Wildman–Crippen MR) is 132 cm³/mol. The number of nitrogens with zero attached hydrogens (tertiary/aromatic N) is 3. The highest BCUT2D eigenvalue weighted by atomic mass is 35.5. The van der Waals surface area contributed by atoms with Gasteiger partial charge in [0.2, 0.25) is 0 Å². The Balaban J connectivity index is 0.000000479. The smallest absolute Gasteiger partial charge is 0.475 e. The van der Waals surface area contributed by atoms with Gasteiger partial charge in [0.15, 0.2) is 0 Å². The third kappa shape index (κ3) is 5.84. The van der Waals surface area contributed by atoms with Gasteiger partial charge in [0.25, 0.3) is 10.0 Å². The summed E-state index contributed by atoms with van der Waals surface area (Å²) in [6.07, 6.45) is -5.08. The van der Waals surface area contributed by atoms with Crippen molar-refractivity contribution in [3.8, 4) is 5.69 Å². The van der Waals surface area contributed by atoms with Crippen LogP contribution in [0.2, 0.25) is 5.02 Å². The van der Waals surface area contributed by atoms with Crippen LogP contribution in [-0.4, -0.2) is 42.3 Å². The third-order valence-electron chi connectivity index (χ3n) is 5.01. The molecule has 0 aliphatic rings. The minimum Gasteiger partial charge on any atom is -0.475 e. The molecular formula is C23H18ClF3N4O5S. The first-order valence-corrected chi connectivity index (χ1v) is 12.0. The number of hydrogen-bond acceptors (Lipinski definition) is 6. The first-order valence-electron chi connectivity index (χ1n) is 10.2. The number of rotatable bonds is 4. The molecule has 1 aromatic heterocycles. The summed E-state index contributed by atoms with van der Waals surface area (Å²) >= 11 is 6.32. The summed E-state index contributed by atoms with van der Waals surface area (Å²) < 4.78 is 60.3. The van der Waals surface area contributed by atoms with E-state index in [0.717, 1.165) is 8.87 Å². The van der Waals surface area contributed by atoms with E-state index in [1.165, 1.54) is 25.2 Å². The molecular weight excluding hydrogens is 537 g/mol. The van der Waals surface area contributed by atoms with Gasteiger partial charge in [-0.3, -0.25) is 4.31 Å². The van der Waals surface area contributed by atoms with Crippen molar-refractivity contribution in [1.82, 2.24) is 9.55 Å². The van der Waals surface area contributed by atoms with Crippen LogP contribution in [0.25, 0.3) is 16.6 Å². The number of para-hydroxylation sites is 2. The average Bonchev–Trinajstić information content (AvgIpc) is 2.85. The summed E-state index contributed by atoms with van der Waals surface area (Å²) in [6, 6.07) is 19.7. The van der Waals surface area contributed by atoms with E-state index in [1.54, 1.807) is 54.6 Å². The largest absolute Gasteiger partial charge is 0.490 e. The monoisotopic (exact) mass is 554 g/mol. The van der Waals surface area contributed by atoms with Crippen LogP contribution < -0.4 is 15.7 Å². The Morgan fingerprint density at radius 2 is 1.62 bits per heavy atom. The number of carbonyl (C=O) groups is 1. The summed E-state index contributed by atoms with van der Waals surface area (Å²) in [5.41, 5.74) is 6.66. The molecule has 0 aliphatic heterocycles. The number of halogens is 4. The van der Waals surface area contributed by atoms with Gasteiger partial charge in [-0.25, -0.2) is 22.6 Å². The van der Waals surface area contributed by atoms with Gasteiger partial charge in [-0.2, -0.15) is 18.2 Å². The van der Waals surface area contributed by atoms with E-state index in [-0.39, 0.29) is 21.4 Å². The first-order chi connectivity index (χ1) is 17.2. The molecule has 3 N–H and O–H groups in total. The van der Waals surface area contributed by atoms with Crippen LogP contribution in [0, 0.1) is 0 Å². The summed E-state index contributed by atoms with van der Waals surface area (Å²) in [5, 5.41) is 7.85. The normalized spacial score (nSPS) is 11.5. The van der Waals surface area contributed by atoms with Gasteiger partial charge in [0.1, 0.15) is 5.82 Å². The van der Waals surface area contributed by atoms with Gasteiger partial charge in [-0.05, 0) is 42.5 Å². The van der Waals surface area contributed by atoms with Gasteiger partial charge >= 0.3 is 17.8 Å². The molecule has 0 spiro atoms. The van der Waals surface area contributed by atoms with Crippen LogP contribution in [0.1, 0.15) is 0 Å². The molecule has 3 aromatic carbocycles. The molecule has 0 saturated carbocycles. The number of nitrogens with two attached hydrogens (primary N) is 1. The Morgan fingerprint density at radius 1 is 1.05 bits per heavy atom. The maximum atomic E-state index is 13.2. The Morgan fingerprint density at radius 3 is 2.22 bits per heavy atom. The number of anilines is 2. The Kier molecular flexibility index (Phi) is 7.79. The molecule has 14 heteroatoms. The zero-order chi connectivity index (χ0) is 27.5. The number of alkyl halides is 3. The lowest BCUT2D eigenvalue weighted by Gasteiger charge is -2.20. The Labute approximate surface area is 213 Å². The molecule has 37 heavy (non-hydrogen) atoms. The summed E-state index contributed by atoms with van der Waals surface area (Å²) in [4.78, 5) is 25.6. The molecule has 0 fully saturated rings. The van der Waals surface area contributed by atoms with Crippen LogP contribution in [0.4, 0.5) is 24.7 Å². The molecule has 4 rings (SSSR count). The van der Waals surface area contributed by atoms with Crippen molar-refractivity contribution in [1.29, 1.82) is 0 Å². The number of nitrogen functional groups attached to an aromatic ring is 1. The second-order valence-corrected chi connectivity index (χ2v) is 9.73.